The molecule has 0 radical (unpaired) electrons. The first-order chi connectivity index (χ1) is 6.32. The molecule has 0 fully saturated rings. The van der Waals surface area contributed by atoms with Crippen LogP contribution in [0.1, 0.15) is 12.1 Å². The Morgan fingerprint density at radius 1 is 1.50 bits per heavy atom. The number of nitrogens with two attached hydrogens (primary N) is 1. The van der Waals surface area contributed by atoms with Gasteiger partial charge in [0.05, 0.1) is 5.69 Å². The minimum absolute atomic E-state index is 0.342. The summed E-state index contributed by atoms with van der Waals surface area (Å²) >= 11 is 0. The predicted molar refractivity (Wildman–Crippen MR) is 46.6 cm³/mol. The zero-order valence-corrected chi connectivity index (χ0v) is 8.19. The molecule has 0 spiro atoms. The number of rotatable bonds is 2. The van der Waals surface area contributed by atoms with Gasteiger partial charge in [-0.25, -0.2) is 17.2 Å². The zero-order chi connectivity index (χ0) is 10.9. The van der Waals surface area contributed by atoms with Gasteiger partial charge in [0.1, 0.15) is 10.6 Å². The van der Waals surface area contributed by atoms with E-state index in [0.29, 0.717) is 6.20 Å². The molecule has 1 rings (SSSR count). The molecule has 0 aliphatic carbocycles. The average Bonchev–Trinajstić information content (AvgIpc) is 2.01. The lowest BCUT2D eigenvalue weighted by atomic mass is 10.3. The molecule has 78 valence electrons. The highest BCUT2D eigenvalue weighted by molar-refractivity contribution is 8.13. The molecule has 0 unspecified atom stereocenters. The minimum atomic E-state index is -4.04. The average molecular weight is 243 g/mol. The summed E-state index contributed by atoms with van der Waals surface area (Å²) < 4.78 is 45.7. The van der Waals surface area contributed by atoms with Crippen LogP contribution in [0.2, 0.25) is 0 Å². The second-order valence-electron chi connectivity index (χ2n) is 2.39. The van der Waals surface area contributed by atoms with Gasteiger partial charge < -0.3 is 5.73 Å². The van der Waals surface area contributed by atoms with Crippen molar-refractivity contribution < 1.29 is 17.2 Å². The molecule has 0 aromatic carbocycles. The Morgan fingerprint density at radius 3 is 2.43 bits per heavy atom. The molecular formula is C6H5ClF2N2O2S. The van der Waals surface area contributed by atoms with Crippen LogP contribution in [0.4, 0.5) is 14.5 Å². The lowest BCUT2D eigenvalue weighted by Crippen LogP contribution is -2.01. The van der Waals surface area contributed by atoms with E-state index in [1.54, 1.807) is 0 Å². The summed E-state index contributed by atoms with van der Waals surface area (Å²) in [5.41, 5.74) is 4.27. The Hall–Kier alpha value is -0.950. The Kier molecular flexibility index (Phi) is 2.91. The fraction of sp³-hybridized carbons (Fsp3) is 0.167. The summed E-state index contributed by atoms with van der Waals surface area (Å²) in [4.78, 5) is 2.74. The van der Waals surface area contributed by atoms with Gasteiger partial charge in [0, 0.05) is 16.9 Å². The molecular weight excluding hydrogens is 238 g/mol. The van der Waals surface area contributed by atoms with Gasteiger partial charge in [-0.1, -0.05) is 0 Å². The van der Waals surface area contributed by atoms with Crippen LogP contribution in [-0.4, -0.2) is 13.4 Å². The number of alkyl halides is 2. The van der Waals surface area contributed by atoms with Crippen LogP contribution in [-0.2, 0) is 9.05 Å². The van der Waals surface area contributed by atoms with Crippen molar-refractivity contribution in [3.8, 4) is 0 Å². The maximum absolute atomic E-state index is 12.1. The first kappa shape index (κ1) is 11.1. The van der Waals surface area contributed by atoms with Gasteiger partial charge in [-0.3, -0.25) is 4.98 Å². The molecule has 4 nitrogen and oxygen atoms in total. The van der Waals surface area contributed by atoms with Crippen LogP contribution in [0.3, 0.4) is 0 Å². The van der Waals surface area contributed by atoms with Crippen LogP contribution >= 0.6 is 10.7 Å². The lowest BCUT2D eigenvalue weighted by Gasteiger charge is -2.03. The maximum Gasteiger partial charge on any atom is 0.280 e. The molecule has 0 aliphatic heterocycles. The molecule has 0 saturated heterocycles. The fourth-order valence-corrected chi connectivity index (χ4v) is 1.70. The highest BCUT2D eigenvalue weighted by atomic mass is 35.7. The first-order valence-electron chi connectivity index (χ1n) is 3.30. The number of halogens is 3. The van der Waals surface area contributed by atoms with Gasteiger partial charge in [0.25, 0.3) is 15.5 Å². The van der Waals surface area contributed by atoms with Gasteiger partial charge in [0.15, 0.2) is 0 Å². The van der Waals surface area contributed by atoms with Crippen molar-refractivity contribution >= 4 is 25.4 Å². The summed E-state index contributed by atoms with van der Waals surface area (Å²) in [6.45, 7) is 0. The summed E-state index contributed by atoms with van der Waals surface area (Å²) in [7, 11) is 0.924. The van der Waals surface area contributed by atoms with Gasteiger partial charge >= 0.3 is 0 Å². The highest BCUT2D eigenvalue weighted by Crippen LogP contribution is 2.25. The lowest BCUT2D eigenvalue weighted by molar-refractivity contribution is 0.146. The van der Waals surface area contributed by atoms with Gasteiger partial charge in [0.2, 0.25) is 0 Å². The Labute approximate surface area is 83.1 Å². The normalized spacial score (nSPS) is 12.0. The predicted octanol–water partition coefficient (Wildman–Crippen LogP) is 1.53. The summed E-state index contributed by atoms with van der Waals surface area (Å²) in [6, 6.07) is 0.778. The number of hydrogen-bond acceptors (Lipinski definition) is 4. The molecule has 2 N–H and O–H groups in total. The molecule has 1 heterocycles. The Morgan fingerprint density at radius 2 is 2.07 bits per heavy atom. The van der Waals surface area contributed by atoms with E-state index in [4.69, 9.17) is 16.4 Å². The largest absolute Gasteiger partial charge is 0.398 e. The van der Waals surface area contributed by atoms with E-state index in [1.165, 1.54) is 0 Å². The molecule has 0 saturated carbocycles. The second kappa shape index (κ2) is 3.66. The van der Waals surface area contributed by atoms with Crippen molar-refractivity contribution in [1.82, 2.24) is 4.98 Å². The van der Waals surface area contributed by atoms with Crippen molar-refractivity contribution in [2.45, 2.75) is 11.3 Å². The monoisotopic (exact) mass is 242 g/mol. The maximum atomic E-state index is 12.1. The zero-order valence-electron chi connectivity index (χ0n) is 6.62. The van der Waals surface area contributed by atoms with Crippen molar-refractivity contribution in [3.63, 3.8) is 0 Å². The van der Waals surface area contributed by atoms with Crippen LogP contribution in [0.25, 0.3) is 0 Å². The van der Waals surface area contributed by atoms with Gasteiger partial charge in [-0.05, 0) is 6.07 Å². The van der Waals surface area contributed by atoms with E-state index < -0.39 is 26.1 Å². The molecule has 1 aromatic rings. The van der Waals surface area contributed by atoms with Crippen LogP contribution in [0, 0.1) is 0 Å². The quantitative estimate of drug-likeness (QED) is 0.798. The van der Waals surface area contributed by atoms with Crippen LogP contribution < -0.4 is 5.73 Å². The number of pyridine rings is 1. The van der Waals surface area contributed by atoms with Crippen molar-refractivity contribution in [2.24, 2.45) is 0 Å². The number of nitrogens with zero attached hydrogens (tertiary/aromatic N) is 1. The van der Waals surface area contributed by atoms with E-state index in [9.17, 15) is 17.2 Å². The summed E-state index contributed by atoms with van der Waals surface area (Å²) in [6.07, 6.45) is -2.09. The molecule has 0 aliphatic rings. The number of anilines is 1. The minimum Gasteiger partial charge on any atom is -0.398 e. The summed E-state index contributed by atoms with van der Waals surface area (Å²) in [5, 5.41) is 0. The van der Waals surface area contributed by atoms with Gasteiger partial charge in [-0.15, -0.1) is 0 Å². The third kappa shape index (κ3) is 2.30. The van der Waals surface area contributed by atoms with Crippen molar-refractivity contribution in [1.29, 1.82) is 0 Å². The Balaban J connectivity index is 3.28. The third-order valence-corrected chi connectivity index (χ3v) is 2.77. The van der Waals surface area contributed by atoms with E-state index in [2.05, 4.69) is 4.98 Å². The van der Waals surface area contributed by atoms with Crippen molar-refractivity contribution in [2.75, 3.05) is 5.73 Å². The first-order valence-corrected chi connectivity index (χ1v) is 5.61. The standard InChI is InChI=1S/C6H5ClF2N2O2S/c7-14(12,13)5-2-11-4(6(8)9)1-3(5)10/h1-2,6H,(H2,10,11). The number of hydrogen-bond donors (Lipinski definition) is 1. The topological polar surface area (TPSA) is 73.0 Å². The fourth-order valence-electron chi connectivity index (χ4n) is 0.798. The van der Waals surface area contributed by atoms with E-state index >= 15 is 0 Å². The van der Waals surface area contributed by atoms with Crippen LogP contribution in [0.15, 0.2) is 17.2 Å². The number of aromatic nitrogens is 1. The molecule has 8 heteroatoms. The Bertz CT molecular complexity index is 449. The van der Waals surface area contributed by atoms with Crippen molar-refractivity contribution in [3.05, 3.63) is 18.0 Å². The summed E-state index contributed by atoms with van der Waals surface area (Å²) in [5.74, 6) is 0. The third-order valence-electron chi connectivity index (χ3n) is 1.41. The number of nitrogen functional groups attached to an aromatic ring is 1. The smallest absolute Gasteiger partial charge is 0.280 e. The molecule has 0 amide bonds. The second-order valence-corrected chi connectivity index (χ2v) is 4.92. The van der Waals surface area contributed by atoms with E-state index in [0.717, 1.165) is 6.07 Å². The molecule has 14 heavy (non-hydrogen) atoms. The van der Waals surface area contributed by atoms with E-state index in [1.807, 2.05) is 0 Å². The van der Waals surface area contributed by atoms with Crippen LogP contribution in [0.5, 0.6) is 0 Å². The highest BCUT2D eigenvalue weighted by Gasteiger charge is 2.17. The molecule has 1 aromatic heterocycles. The van der Waals surface area contributed by atoms with Gasteiger partial charge in [-0.2, -0.15) is 0 Å². The van der Waals surface area contributed by atoms with E-state index in [-0.39, 0.29) is 5.69 Å². The molecule has 0 bridgehead atoms. The molecule has 0 atom stereocenters. The SMILES string of the molecule is Nc1cc(C(F)F)ncc1S(=O)(=O)Cl.